The molecular weight excluding hydrogens is 267 g/mol. The summed E-state index contributed by atoms with van der Waals surface area (Å²) in [5.41, 5.74) is 5.83. The Morgan fingerprint density at radius 3 is 2.86 bits per heavy atom. The maximum Gasteiger partial charge on any atom is 0.252 e. The molecule has 0 spiro atoms. The molecule has 14 heavy (non-hydrogen) atoms. The summed E-state index contributed by atoms with van der Waals surface area (Å²) in [6.45, 7) is 0.894. The first-order valence-corrected chi connectivity index (χ1v) is 5.25. The third kappa shape index (κ3) is 2.97. The highest BCUT2D eigenvalue weighted by Gasteiger charge is 2.08. The molecule has 0 radical (unpaired) electrons. The van der Waals surface area contributed by atoms with Crippen LogP contribution in [0.15, 0.2) is 22.7 Å². The fourth-order valence-corrected chi connectivity index (χ4v) is 1.82. The fraction of sp³-hybridized carbons (Fsp3) is 0.222. The molecule has 0 aromatic heterocycles. The lowest BCUT2D eigenvalue weighted by molar-refractivity contribution is 0.0954. The highest BCUT2D eigenvalue weighted by Crippen LogP contribution is 2.21. The fourth-order valence-electron chi connectivity index (χ4n) is 0.955. The molecule has 1 amide bonds. The normalized spacial score (nSPS) is 9.93. The third-order valence-corrected chi connectivity index (χ3v) is 2.50. The Bertz CT molecular complexity index is 344. The van der Waals surface area contributed by atoms with Crippen LogP contribution >= 0.6 is 27.5 Å². The van der Waals surface area contributed by atoms with Gasteiger partial charge in [0, 0.05) is 22.6 Å². The van der Waals surface area contributed by atoms with E-state index in [1.165, 1.54) is 0 Å². The molecule has 1 aromatic carbocycles. The maximum atomic E-state index is 11.5. The number of hydrogen-bond acceptors (Lipinski definition) is 2. The van der Waals surface area contributed by atoms with Gasteiger partial charge in [-0.25, -0.2) is 0 Å². The number of nitrogens with one attached hydrogen (secondary N) is 1. The van der Waals surface area contributed by atoms with E-state index in [9.17, 15) is 4.79 Å². The Kier molecular flexibility index (Phi) is 4.38. The van der Waals surface area contributed by atoms with Crippen LogP contribution in [0, 0.1) is 0 Å². The Labute approximate surface area is 95.7 Å². The molecule has 76 valence electrons. The van der Waals surface area contributed by atoms with E-state index < -0.39 is 0 Å². The Morgan fingerprint density at radius 1 is 1.57 bits per heavy atom. The number of halogens is 2. The molecule has 3 nitrogen and oxygen atoms in total. The molecule has 1 aromatic rings. The van der Waals surface area contributed by atoms with E-state index in [4.69, 9.17) is 17.3 Å². The van der Waals surface area contributed by atoms with Crippen LogP contribution in [0.1, 0.15) is 10.4 Å². The van der Waals surface area contributed by atoms with Gasteiger partial charge < -0.3 is 11.1 Å². The predicted molar refractivity (Wildman–Crippen MR) is 60.5 cm³/mol. The number of nitrogens with two attached hydrogens (primary N) is 1. The molecule has 0 saturated carbocycles. The van der Waals surface area contributed by atoms with Crippen LogP contribution in [0.25, 0.3) is 0 Å². The van der Waals surface area contributed by atoms with Gasteiger partial charge in [-0.15, -0.1) is 0 Å². The van der Waals surface area contributed by atoms with Gasteiger partial charge in [0.05, 0.1) is 5.56 Å². The van der Waals surface area contributed by atoms with Crippen molar-refractivity contribution >= 4 is 33.4 Å². The van der Waals surface area contributed by atoms with Gasteiger partial charge in [0.15, 0.2) is 0 Å². The summed E-state index contributed by atoms with van der Waals surface area (Å²) in [6, 6.07) is 5.01. The zero-order chi connectivity index (χ0) is 10.6. The number of hydrogen-bond donors (Lipinski definition) is 2. The standard InChI is InChI=1S/C9H10BrClN2O/c10-8-5-6(11)1-2-7(8)9(14)13-4-3-12/h1-2,5H,3-4,12H2,(H,13,14). The topological polar surface area (TPSA) is 55.1 Å². The lowest BCUT2D eigenvalue weighted by Gasteiger charge is -2.05. The maximum absolute atomic E-state index is 11.5. The van der Waals surface area contributed by atoms with E-state index in [-0.39, 0.29) is 5.91 Å². The minimum Gasteiger partial charge on any atom is -0.351 e. The second-order valence-electron chi connectivity index (χ2n) is 2.67. The summed E-state index contributed by atoms with van der Waals surface area (Å²) < 4.78 is 0.680. The zero-order valence-electron chi connectivity index (χ0n) is 7.39. The van der Waals surface area contributed by atoms with Crippen LogP contribution in [-0.4, -0.2) is 19.0 Å². The molecule has 0 fully saturated rings. The van der Waals surface area contributed by atoms with Crippen LogP contribution in [0.2, 0.25) is 5.02 Å². The van der Waals surface area contributed by atoms with Gasteiger partial charge in [-0.2, -0.15) is 0 Å². The lowest BCUT2D eigenvalue weighted by Crippen LogP contribution is -2.29. The minimum atomic E-state index is -0.154. The van der Waals surface area contributed by atoms with Gasteiger partial charge in [0.1, 0.15) is 0 Å². The van der Waals surface area contributed by atoms with Gasteiger partial charge >= 0.3 is 0 Å². The Balaban J connectivity index is 2.80. The third-order valence-electron chi connectivity index (χ3n) is 1.61. The average Bonchev–Trinajstić information content (AvgIpc) is 2.14. The molecule has 0 aliphatic carbocycles. The molecule has 0 atom stereocenters. The molecular formula is C9H10BrClN2O. The van der Waals surface area contributed by atoms with E-state index in [1.54, 1.807) is 18.2 Å². The van der Waals surface area contributed by atoms with Gasteiger partial charge in [-0.05, 0) is 34.1 Å². The van der Waals surface area contributed by atoms with Crippen molar-refractivity contribution in [3.8, 4) is 0 Å². The zero-order valence-corrected chi connectivity index (χ0v) is 9.73. The SMILES string of the molecule is NCCNC(=O)c1ccc(Cl)cc1Br. The van der Waals surface area contributed by atoms with Gasteiger partial charge in [-0.3, -0.25) is 4.79 Å². The highest BCUT2D eigenvalue weighted by atomic mass is 79.9. The summed E-state index contributed by atoms with van der Waals surface area (Å²) in [5, 5.41) is 3.26. The van der Waals surface area contributed by atoms with Crippen molar-refractivity contribution < 1.29 is 4.79 Å². The predicted octanol–water partition coefficient (Wildman–Crippen LogP) is 1.79. The second kappa shape index (κ2) is 5.34. The van der Waals surface area contributed by atoms with E-state index >= 15 is 0 Å². The van der Waals surface area contributed by atoms with Crippen LogP contribution in [0.5, 0.6) is 0 Å². The van der Waals surface area contributed by atoms with Crippen molar-refractivity contribution in [3.05, 3.63) is 33.3 Å². The first kappa shape index (κ1) is 11.5. The molecule has 0 aliphatic rings. The van der Waals surface area contributed by atoms with Crippen LogP contribution < -0.4 is 11.1 Å². The largest absolute Gasteiger partial charge is 0.351 e. The van der Waals surface area contributed by atoms with Crippen LogP contribution in [0.4, 0.5) is 0 Å². The minimum absolute atomic E-state index is 0.154. The number of rotatable bonds is 3. The lowest BCUT2D eigenvalue weighted by atomic mass is 10.2. The Morgan fingerprint density at radius 2 is 2.29 bits per heavy atom. The molecule has 0 bridgehead atoms. The summed E-state index contributed by atoms with van der Waals surface area (Å²) in [7, 11) is 0. The van der Waals surface area contributed by atoms with Crippen molar-refractivity contribution in [2.24, 2.45) is 5.73 Å². The summed E-state index contributed by atoms with van der Waals surface area (Å²) >= 11 is 9.01. The van der Waals surface area contributed by atoms with Crippen LogP contribution in [0.3, 0.4) is 0 Å². The molecule has 3 N–H and O–H groups in total. The molecule has 0 aliphatic heterocycles. The average molecular weight is 278 g/mol. The van der Waals surface area contributed by atoms with E-state index in [2.05, 4.69) is 21.2 Å². The monoisotopic (exact) mass is 276 g/mol. The molecule has 0 heterocycles. The van der Waals surface area contributed by atoms with Crippen LogP contribution in [-0.2, 0) is 0 Å². The molecule has 0 unspecified atom stereocenters. The summed E-state index contributed by atoms with van der Waals surface area (Å²) in [5.74, 6) is -0.154. The number of carbonyl (C=O) groups excluding carboxylic acids is 1. The number of carbonyl (C=O) groups is 1. The Hall–Kier alpha value is -0.580. The van der Waals surface area contributed by atoms with Crippen molar-refractivity contribution in [1.82, 2.24) is 5.32 Å². The van der Waals surface area contributed by atoms with E-state index in [0.29, 0.717) is 28.1 Å². The molecule has 1 rings (SSSR count). The van der Waals surface area contributed by atoms with E-state index in [1.807, 2.05) is 0 Å². The first-order chi connectivity index (χ1) is 6.65. The molecule has 0 saturated heterocycles. The first-order valence-electron chi connectivity index (χ1n) is 4.08. The second-order valence-corrected chi connectivity index (χ2v) is 3.96. The van der Waals surface area contributed by atoms with E-state index in [0.717, 1.165) is 0 Å². The van der Waals surface area contributed by atoms with Crippen molar-refractivity contribution in [2.75, 3.05) is 13.1 Å². The van der Waals surface area contributed by atoms with Gasteiger partial charge in [-0.1, -0.05) is 11.6 Å². The van der Waals surface area contributed by atoms with Crippen molar-refractivity contribution in [2.45, 2.75) is 0 Å². The molecule has 5 heteroatoms. The summed E-state index contributed by atoms with van der Waals surface area (Å²) in [4.78, 5) is 11.5. The van der Waals surface area contributed by atoms with Gasteiger partial charge in [0.25, 0.3) is 5.91 Å². The number of benzene rings is 1. The highest BCUT2D eigenvalue weighted by molar-refractivity contribution is 9.10. The van der Waals surface area contributed by atoms with Crippen molar-refractivity contribution in [3.63, 3.8) is 0 Å². The number of amides is 1. The smallest absolute Gasteiger partial charge is 0.252 e. The van der Waals surface area contributed by atoms with Gasteiger partial charge in [0.2, 0.25) is 0 Å². The quantitative estimate of drug-likeness (QED) is 0.885. The summed E-state index contributed by atoms with van der Waals surface area (Å²) in [6.07, 6.45) is 0. The van der Waals surface area contributed by atoms with Crippen molar-refractivity contribution in [1.29, 1.82) is 0 Å².